The second-order valence-corrected chi connectivity index (χ2v) is 10.4. The molecule has 30 heavy (non-hydrogen) atoms. The van der Waals surface area contributed by atoms with Gasteiger partial charge >= 0.3 is 0 Å². The largest absolute Gasteiger partial charge is 0.492 e. The fraction of sp³-hybridized carbons (Fsp3) is 0.318. The van der Waals surface area contributed by atoms with E-state index < -0.39 is 9.84 Å². The normalized spacial score (nSPS) is 16.7. The van der Waals surface area contributed by atoms with E-state index >= 15 is 0 Å². The lowest BCUT2D eigenvalue weighted by Gasteiger charge is -2.11. The number of para-hydroxylation sites is 1. The topological polar surface area (TPSA) is 80.3 Å². The summed E-state index contributed by atoms with van der Waals surface area (Å²) in [6.45, 7) is 1.89. The zero-order valence-corrected chi connectivity index (χ0v) is 18.2. The Kier molecular flexibility index (Phi) is 6.89. The first kappa shape index (κ1) is 21.1. The quantitative estimate of drug-likeness (QED) is 0.492. The summed E-state index contributed by atoms with van der Waals surface area (Å²) >= 11 is 1.96. The van der Waals surface area contributed by atoms with E-state index in [2.05, 4.69) is 27.8 Å². The van der Waals surface area contributed by atoms with E-state index in [1.165, 1.54) is 5.56 Å². The highest BCUT2D eigenvalue weighted by Crippen LogP contribution is 2.22. The van der Waals surface area contributed by atoms with Crippen molar-refractivity contribution in [3.8, 4) is 5.75 Å². The Labute approximate surface area is 181 Å². The van der Waals surface area contributed by atoms with Crippen LogP contribution < -0.4 is 15.4 Å². The zero-order valence-electron chi connectivity index (χ0n) is 16.6. The molecule has 0 aliphatic carbocycles. The van der Waals surface area contributed by atoms with Gasteiger partial charge in [0.25, 0.3) is 0 Å². The standard InChI is InChI=1S/C22H25N3O3S2/c26-30(27,21-5-1-3-18-4-2-10-25-22(18)21)16-23-11-12-28-19-8-6-17(7-9-19)13-20-14-24-15-29-20/h1-10,20,23-24H,11-16H2. The molecule has 1 aliphatic rings. The third kappa shape index (κ3) is 5.31. The second-order valence-electron chi connectivity index (χ2n) is 7.17. The number of thioether (sulfide) groups is 1. The molecule has 158 valence electrons. The van der Waals surface area contributed by atoms with Crippen LogP contribution in [0.1, 0.15) is 5.56 Å². The third-order valence-corrected chi connectivity index (χ3v) is 7.71. The average Bonchev–Trinajstić information content (AvgIpc) is 3.27. The predicted octanol–water partition coefficient (Wildman–Crippen LogP) is 2.84. The molecule has 0 radical (unpaired) electrons. The maximum absolute atomic E-state index is 12.7. The molecule has 0 saturated carbocycles. The third-order valence-electron chi connectivity index (χ3n) is 4.95. The molecule has 2 aromatic carbocycles. The van der Waals surface area contributed by atoms with Crippen molar-refractivity contribution in [1.82, 2.24) is 15.6 Å². The summed E-state index contributed by atoms with van der Waals surface area (Å²) in [7, 11) is -3.49. The summed E-state index contributed by atoms with van der Waals surface area (Å²) in [6.07, 6.45) is 2.66. The fourth-order valence-corrected chi connectivity index (χ4v) is 5.76. The Morgan fingerprint density at radius 1 is 1.13 bits per heavy atom. The highest BCUT2D eigenvalue weighted by molar-refractivity contribution is 8.00. The van der Waals surface area contributed by atoms with Crippen molar-refractivity contribution in [1.29, 1.82) is 0 Å². The minimum Gasteiger partial charge on any atom is -0.492 e. The van der Waals surface area contributed by atoms with Crippen LogP contribution in [-0.4, -0.2) is 50.1 Å². The van der Waals surface area contributed by atoms with Crippen LogP contribution in [0.15, 0.2) is 65.7 Å². The van der Waals surface area contributed by atoms with Crippen LogP contribution in [0.3, 0.4) is 0 Å². The molecule has 1 aliphatic heterocycles. The Hall–Kier alpha value is -2.13. The molecule has 8 heteroatoms. The molecule has 1 aromatic heterocycles. The maximum atomic E-state index is 12.7. The lowest BCUT2D eigenvalue weighted by atomic mass is 10.1. The highest BCUT2D eigenvalue weighted by Gasteiger charge is 2.18. The maximum Gasteiger partial charge on any atom is 0.193 e. The van der Waals surface area contributed by atoms with Crippen molar-refractivity contribution in [2.75, 3.05) is 31.4 Å². The number of nitrogens with zero attached hydrogens (tertiary/aromatic N) is 1. The molecule has 0 bridgehead atoms. The monoisotopic (exact) mass is 443 g/mol. The minimum atomic E-state index is -3.49. The first-order valence-corrected chi connectivity index (χ1v) is 12.6. The van der Waals surface area contributed by atoms with Crippen molar-refractivity contribution in [2.45, 2.75) is 16.6 Å². The lowest BCUT2D eigenvalue weighted by Crippen LogP contribution is -2.27. The van der Waals surface area contributed by atoms with Gasteiger partial charge in [-0.05, 0) is 36.2 Å². The molecule has 0 spiro atoms. The van der Waals surface area contributed by atoms with Gasteiger partial charge in [0.1, 0.15) is 18.2 Å². The van der Waals surface area contributed by atoms with Crippen LogP contribution in [0.4, 0.5) is 0 Å². The van der Waals surface area contributed by atoms with Crippen molar-refractivity contribution >= 4 is 32.5 Å². The summed E-state index contributed by atoms with van der Waals surface area (Å²) in [5.41, 5.74) is 1.81. The summed E-state index contributed by atoms with van der Waals surface area (Å²) < 4.78 is 31.2. The van der Waals surface area contributed by atoms with Crippen molar-refractivity contribution in [3.63, 3.8) is 0 Å². The smallest absolute Gasteiger partial charge is 0.193 e. The summed E-state index contributed by atoms with van der Waals surface area (Å²) in [5, 5.41) is 7.78. The predicted molar refractivity (Wildman–Crippen MR) is 122 cm³/mol. The van der Waals surface area contributed by atoms with Gasteiger partial charge in [-0.1, -0.05) is 30.3 Å². The van der Waals surface area contributed by atoms with Gasteiger partial charge in [-0.3, -0.25) is 10.3 Å². The average molecular weight is 444 g/mol. The van der Waals surface area contributed by atoms with Gasteiger partial charge in [-0.2, -0.15) is 0 Å². The van der Waals surface area contributed by atoms with Crippen LogP contribution in [0, 0.1) is 0 Å². The zero-order chi connectivity index (χ0) is 20.8. The Bertz CT molecular complexity index is 1080. The Balaban J connectivity index is 1.24. The van der Waals surface area contributed by atoms with Gasteiger partial charge in [0, 0.05) is 35.8 Å². The second kappa shape index (κ2) is 9.78. The molecule has 0 amide bonds. The first-order chi connectivity index (χ1) is 14.6. The Morgan fingerprint density at radius 3 is 2.77 bits per heavy atom. The molecular weight excluding hydrogens is 418 g/mol. The number of pyridine rings is 1. The minimum absolute atomic E-state index is 0.155. The molecule has 1 fully saturated rings. The molecular formula is C22H25N3O3S2. The number of hydrogen-bond acceptors (Lipinski definition) is 7. The van der Waals surface area contributed by atoms with Crippen LogP contribution in [0.25, 0.3) is 10.9 Å². The number of hydrogen-bond donors (Lipinski definition) is 2. The number of benzene rings is 2. The SMILES string of the molecule is O=S(=O)(CNCCOc1ccc(CC2CNCS2)cc1)c1cccc2cccnc12. The first-order valence-electron chi connectivity index (χ1n) is 9.93. The van der Waals surface area contributed by atoms with Gasteiger partial charge in [0.2, 0.25) is 0 Å². The summed E-state index contributed by atoms with van der Waals surface area (Å²) in [5.74, 6) is 1.67. The highest BCUT2D eigenvalue weighted by atomic mass is 32.2. The number of sulfone groups is 1. The van der Waals surface area contributed by atoms with E-state index in [0.717, 1.165) is 30.0 Å². The van der Waals surface area contributed by atoms with Crippen LogP contribution in [-0.2, 0) is 16.3 Å². The molecule has 3 aromatic rings. The van der Waals surface area contributed by atoms with E-state index in [1.807, 2.05) is 36.0 Å². The van der Waals surface area contributed by atoms with E-state index in [1.54, 1.807) is 24.4 Å². The van der Waals surface area contributed by atoms with Crippen LogP contribution in [0.2, 0.25) is 0 Å². The number of aromatic nitrogens is 1. The van der Waals surface area contributed by atoms with E-state index in [-0.39, 0.29) is 10.8 Å². The summed E-state index contributed by atoms with van der Waals surface area (Å²) in [6, 6.07) is 17.0. The molecule has 2 heterocycles. The number of nitrogens with one attached hydrogen (secondary N) is 2. The number of fused-ring (bicyclic) bond motifs is 1. The van der Waals surface area contributed by atoms with Crippen molar-refractivity contribution < 1.29 is 13.2 Å². The van der Waals surface area contributed by atoms with Gasteiger partial charge in [0.05, 0.1) is 10.4 Å². The van der Waals surface area contributed by atoms with Gasteiger partial charge in [0.15, 0.2) is 9.84 Å². The van der Waals surface area contributed by atoms with Gasteiger partial charge in [-0.15, -0.1) is 11.8 Å². The van der Waals surface area contributed by atoms with Crippen molar-refractivity contribution in [3.05, 3.63) is 66.4 Å². The molecule has 4 rings (SSSR count). The lowest BCUT2D eigenvalue weighted by molar-refractivity contribution is 0.317. The molecule has 1 saturated heterocycles. The van der Waals surface area contributed by atoms with E-state index in [9.17, 15) is 8.42 Å². The molecule has 1 atom stereocenters. The van der Waals surface area contributed by atoms with Gasteiger partial charge < -0.3 is 10.1 Å². The molecule has 1 unspecified atom stereocenters. The van der Waals surface area contributed by atoms with E-state index in [0.29, 0.717) is 23.9 Å². The van der Waals surface area contributed by atoms with E-state index in [4.69, 9.17) is 4.74 Å². The molecule has 6 nitrogen and oxygen atoms in total. The van der Waals surface area contributed by atoms with Crippen molar-refractivity contribution in [2.24, 2.45) is 0 Å². The van der Waals surface area contributed by atoms with Gasteiger partial charge in [-0.25, -0.2) is 8.42 Å². The Morgan fingerprint density at radius 2 is 1.97 bits per heavy atom. The van der Waals surface area contributed by atoms with Crippen LogP contribution in [0.5, 0.6) is 5.75 Å². The van der Waals surface area contributed by atoms with Crippen LogP contribution >= 0.6 is 11.8 Å². The number of ether oxygens (including phenoxy) is 1. The summed E-state index contributed by atoms with van der Waals surface area (Å²) in [4.78, 5) is 4.48. The molecule has 2 N–H and O–H groups in total. The number of rotatable bonds is 9. The fourth-order valence-electron chi connectivity index (χ4n) is 3.42.